The van der Waals surface area contributed by atoms with Crippen LogP contribution in [0.25, 0.3) is 0 Å². The van der Waals surface area contributed by atoms with Gasteiger partial charge in [0.1, 0.15) is 0 Å². The fraction of sp³-hybridized carbons (Fsp3) is 0.938. The number of hydrogen-bond acceptors (Lipinski definition) is 1. The Hall–Kier alpha value is -0.570. The number of rotatable bonds is 11. The molecule has 1 N–H and O–H groups in total. The number of quaternary nitrogens is 1. The number of nitrogens with zero attached hydrogens (tertiary/aromatic N) is 1. The molecule has 3 heteroatoms. The number of unbranched alkanes of at least 4 members (excludes halogenated alkanes) is 7. The summed E-state index contributed by atoms with van der Waals surface area (Å²) in [5.41, 5.74) is 0. The van der Waals surface area contributed by atoms with Crippen LogP contribution in [0.5, 0.6) is 0 Å². The zero-order valence-electron chi connectivity index (χ0n) is 12.7. The van der Waals surface area contributed by atoms with Gasteiger partial charge in [-0.15, -0.1) is 0 Å². The summed E-state index contributed by atoms with van der Waals surface area (Å²) in [7, 11) is 2.41. The molecule has 0 spiro atoms. The van der Waals surface area contributed by atoms with Crippen LogP contribution in [-0.2, 0) is 4.79 Å². The summed E-state index contributed by atoms with van der Waals surface area (Å²) in [6, 6.07) is 0. The van der Waals surface area contributed by atoms with Gasteiger partial charge in [-0.1, -0.05) is 32.1 Å². The Bertz CT molecular complexity index is 247. The molecular weight excluding hydrogens is 238 g/mol. The normalized spacial score (nSPS) is 17.7. The predicted octanol–water partition coefficient (Wildman–Crippen LogP) is 3.82. The van der Waals surface area contributed by atoms with Gasteiger partial charge in [-0.2, -0.15) is 0 Å². The fourth-order valence-electron chi connectivity index (χ4n) is 3.15. The van der Waals surface area contributed by atoms with Gasteiger partial charge >= 0.3 is 5.97 Å². The minimum absolute atomic E-state index is 0.344. The lowest BCUT2D eigenvalue weighted by Gasteiger charge is -2.29. The van der Waals surface area contributed by atoms with Crippen LogP contribution in [0.3, 0.4) is 0 Å². The van der Waals surface area contributed by atoms with E-state index in [-0.39, 0.29) is 0 Å². The van der Waals surface area contributed by atoms with E-state index in [1.54, 1.807) is 0 Å². The summed E-state index contributed by atoms with van der Waals surface area (Å²) < 4.78 is 1.31. The van der Waals surface area contributed by atoms with E-state index >= 15 is 0 Å². The summed E-state index contributed by atoms with van der Waals surface area (Å²) in [6.45, 7) is 4.16. The molecule has 0 unspecified atom stereocenters. The highest BCUT2D eigenvalue weighted by molar-refractivity contribution is 5.66. The van der Waals surface area contributed by atoms with Gasteiger partial charge in [0.05, 0.1) is 26.7 Å². The van der Waals surface area contributed by atoms with E-state index in [1.165, 1.54) is 75.5 Å². The second-order valence-corrected chi connectivity index (χ2v) is 6.47. The van der Waals surface area contributed by atoms with E-state index in [9.17, 15) is 4.79 Å². The Morgan fingerprint density at radius 2 is 1.37 bits per heavy atom. The molecule has 19 heavy (non-hydrogen) atoms. The first-order chi connectivity index (χ1) is 9.12. The fourth-order valence-corrected chi connectivity index (χ4v) is 3.15. The van der Waals surface area contributed by atoms with Gasteiger partial charge in [0.15, 0.2) is 0 Å². The molecular formula is C16H32NO2+. The SMILES string of the molecule is C[N+]1(CCCCCCCCCCC(=O)O)CCCC1. The largest absolute Gasteiger partial charge is 0.481 e. The van der Waals surface area contributed by atoms with E-state index in [0.29, 0.717) is 6.42 Å². The average molecular weight is 270 g/mol. The Balaban J connectivity index is 1.80. The molecule has 1 aliphatic rings. The zero-order chi connectivity index (χ0) is 14.0. The number of likely N-dealkylation sites (tertiary alicyclic amines) is 1. The molecule has 1 saturated heterocycles. The standard InChI is InChI=1S/C16H31NO2/c1-17(14-10-11-15-17)13-9-7-5-3-2-4-6-8-12-16(18)19/h2-15H2,1H3/p+1. The van der Waals surface area contributed by atoms with E-state index in [0.717, 1.165) is 12.8 Å². The number of carboxylic acids is 1. The van der Waals surface area contributed by atoms with Crippen molar-refractivity contribution < 1.29 is 14.4 Å². The van der Waals surface area contributed by atoms with Crippen molar-refractivity contribution in [3.05, 3.63) is 0 Å². The van der Waals surface area contributed by atoms with Gasteiger partial charge < -0.3 is 9.59 Å². The van der Waals surface area contributed by atoms with Gasteiger partial charge in [0.25, 0.3) is 0 Å². The number of aliphatic carboxylic acids is 1. The first-order valence-corrected chi connectivity index (χ1v) is 8.18. The molecule has 0 aromatic carbocycles. The zero-order valence-corrected chi connectivity index (χ0v) is 12.7. The lowest BCUT2D eigenvalue weighted by atomic mass is 10.1. The van der Waals surface area contributed by atoms with E-state index < -0.39 is 5.97 Å². The Morgan fingerprint density at radius 1 is 0.895 bits per heavy atom. The molecule has 0 atom stereocenters. The lowest BCUT2D eigenvalue weighted by molar-refractivity contribution is -0.897. The van der Waals surface area contributed by atoms with Gasteiger partial charge in [0, 0.05) is 19.3 Å². The van der Waals surface area contributed by atoms with Crippen molar-refractivity contribution in [3.8, 4) is 0 Å². The summed E-state index contributed by atoms with van der Waals surface area (Å²) in [5, 5.41) is 8.52. The topological polar surface area (TPSA) is 37.3 Å². The second-order valence-electron chi connectivity index (χ2n) is 6.47. The third kappa shape index (κ3) is 8.25. The van der Waals surface area contributed by atoms with Crippen LogP contribution in [0.15, 0.2) is 0 Å². The third-order valence-electron chi connectivity index (χ3n) is 4.48. The first kappa shape index (κ1) is 16.5. The van der Waals surface area contributed by atoms with E-state index in [1.807, 2.05) is 0 Å². The third-order valence-corrected chi connectivity index (χ3v) is 4.48. The average Bonchev–Trinajstić information content (AvgIpc) is 2.78. The molecule has 112 valence electrons. The number of carbonyl (C=O) groups is 1. The molecule has 0 aromatic heterocycles. The highest BCUT2D eigenvalue weighted by Crippen LogP contribution is 2.18. The number of hydrogen-bond donors (Lipinski definition) is 1. The van der Waals surface area contributed by atoms with Gasteiger partial charge in [-0.25, -0.2) is 0 Å². The summed E-state index contributed by atoms with van der Waals surface area (Å²) in [6.07, 6.45) is 13.1. The molecule has 1 fully saturated rings. The predicted molar refractivity (Wildman–Crippen MR) is 79.2 cm³/mol. The van der Waals surface area contributed by atoms with Crippen LogP contribution in [0, 0.1) is 0 Å². The molecule has 0 bridgehead atoms. The molecule has 0 saturated carbocycles. The quantitative estimate of drug-likeness (QED) is 0.458. The van der Waals surface area contributed by atoms with Crippen LogP contribution in [0.2, 0.25) is 0 Å². The van der Waals surface area contributed by atoms with Crippen LogP contribution in [-0.4, -0.2) is 42.2 Å². The van der Waals surface area contributed by atoms with Crippen LogP contribution in [0.4, 0.5) is 0 Å². The molecule has 1 aliphatic heterocycles. The molecule has 0 aliphatic carbocycles. The minimum atomic E-state index is -0.654. The van der Waals surface area contributed by atoms with Gasteiger partial charge in [0.2, 0.25) is 0 Å². The minimum Gasteiger partial charge on any atom is -0.481 e. The summed E-state index contributed by atoms with van der Waals surface area (Å²) >= 11 is 0. The van der Waals surface area contributed by atoms with Crippen molar-refractivity contribution in [1.29, 1.82) is 0 Å². The maximum atomic E-state index is 10.3. The summed E-state index contributed by atoms with van der Waals surface area (Å²) in [5.74, 6) is -0.654. The smallest absolute Gasteiger partial charge is 0.303 e. The second kappa shape index (κ2) is 9.35. The van der Waals surface area contributed by atoms with Gasteiger partial charge in [-0.05, 0) is 19.3 Å². The summed E-state index contributed by atoms with van der Waals surface area (Å²) in [4.78, 5) is 10.3. The maximum absolute atomic E-state index is 10.3. The Morgan fingerprint density at radius 3 is 1.89 bits per heavy atom. The van der Waals surface area contributed by atoms with E-state index in [4.69, 9.17) is 5.11 Å². The van der Waals surface area contributed by atoms with Crippen LogP contribution in [0.1, 0.15) is 70.6 Å². The van der Waals surface area contributed by atoms with Crippen molar-refractivity contribution in [2.24, 2.45) is 0 Å². The lowest BCUT2D eigenvalue weighted by Crippen LogP contribution is -2.41. The van der Waals surface area contributed by atoms with Crippen molar-refractivity contribution in [2.45, 2.75) is 70.6 Å². The van der Waals surface area contributed by atoms with Crippen molar-refractivity contribution >= 4 is 5.97 Å². The van der Waals surface area contributed by atoms with Crippen molar-refractivity contribution in [3.63, 3.8) is 0 Å². The number of carboxylic acid groups (broad SMARTS) is 1. The Labute approximate surface area is 118 Å². The molecule has 3 nitrogen and oxygen atoms in total. The molecule has 1 heterocycles. The molecule has 0 radical (unpaired) electrons. The highest BCUT2D eigenvalue weighted by atomic mass is 16.4. The monoisotopic (exact) mass is 270 g/mol. The van der Waals surface area contributed by atoms with Crippen LogP contribution >= 0.6 is 0 Å². The van der Waals surface area contributed by atoms with Gasteiger partial charge in [-0.3, -0.25) is 4.79 Å². The highest BCUT2D eigenvalue weighted by Gasteiger charge is 2.25. The molecule has 0 amide bonds. The van der Waals surface area contributed by atoms with Crippen molar-refractivity contribution in [2.75, 3.05) is 26.7 Å². The molecule has 0 aromatic rings. The van der Waals surface area contributed by atoms with Crippen molar-refractivity contribution in [1.82, 2.24) is 0 Å². The maximum Gasteiger partial charge on any atom is 0.303 e. The van der Waals surface area contributed by atoms with Crippen LogP contribution < -0.4 is 0 Å². The first-order valence-electron chi connectivity index (χ1n) is 8.18. The Kier molecular flexibility index (Phi) is 8.11. The van der Waals surface area contributed by atoms with E-state index in [2.05, 4.69) is 7.05 Å². The molecule has 1 rings (SSSR count).